The molecule has 0 amide bonds. The molecule has 1 aliphatic carbocycles. The Morgan fingerprint density at radius 2 is 1.42 bits per heavy atom. The van der Waals surface area contributed by atoms with Gasteiger partial charge in [0.2, 0.25) is 0 Å². The van der Waals surface area contributed by atoms with E-state index < -0.39 is 0 Å². The molecule has 1 heterocycles. The van der Waals surface area contributed by atoms with Crippen molar-refractivity contribution in [3.05, 3.63) is 34.7 Å². The lowest BCUT2D eigenvalue weighted by Crippen LogP contribution is -2.02. The van der Waals surface area contributed by atoms with E-state index in [1.165, 1.54) is 11.1 Å². The summed E-state index contributed by atoms with van der Waals surface area (Å²) in [6.07, 6.45) is 6.79. The Bertz CT molecular complexity index is 310. The molecule has 0 saturated carbocycles. The normalized spacial score (nSPS) is 16.6. The molecule has 1 heteroatoms. The van der Waals surface area contributed by atoms with Crippen LogP contribution >= 0.6 is 0 Å². The van der Waals surface area contributed by atoms with Gasteiger partial charge in [0.25, 0.3) is 0 Å². The Balaban J connectivity index is 2.41. The van der Waals surface area contributed by atoms with Crippen LogP contribution in [-0.4, -0.2) is 4.57 Å². The van der Waals surface area contributed by atoms with Gasteiger partial charge in [-0.3, -0.25) is 0 Å². The van der Waals surface area contributed by atoms with Crippen LogP contribution in [0.3, 0.4) is 0 Å². The van der Waals surface area contributed by atoms with Crippen molar-refractivity contribution in [1.82, 2.24) is 4.57 Å². The van der Waals surface area contributed by atoms with Crippen molar-refractivity contribution in [3.63, 3.8) is 0 Å². The van der Waals surface area contributed by atoms with Crippen LogP contribution in [0, 0.1) is 0 Å². The lowest BCUT2D eigenvalue weighted by Gasteiger charge is -2.14. The van der Waals surface area contributed by atoms with E-state index in [0.29, 0.717) is 0 Å². The molecule has 12 heavy (non-hydrogen) atoms. The molecular formula is C11H15N. The van der Waals surface area contributed by atoms with Gasteiger partial charge in [-0.1, -0.05) is 11.1 Å². The first-order valence-corrected chi connectivity index (χ1v) is 4.46. The smallest absolute Gasteiger partial charge is 0.0106 e. The minimum absolute atomic E-state index is 1.15. The zero-order valence-corrected chi connectivity index (χ0v) is 8.02. The number of rotatable bonds is 0. The number of allylic oxidation sites excluding steroid dienone is 2. The number of nitrogens with zero attached hydrogens (tertiary/aromatic N) is 1. The van der Waals surface area contributed by atoms with Crippen LogP contribution in [0.25, 0.3) is 0 Å². The molecular weight excluding hydrogens is 146 g/mol. The highest BCUT2D eigenvalue weighted by molar-refractivity contribution is 5.38. The van der Waals surface area contributed by atoms with Crippen LogP contribution in [0.2, 0.25) is 0 Å². The van der Waals surface area contributed by atoms with Crippen molar-refractivity contribution >= 4 is 0 Å². The summed E-state index contributed by atoms with van der Waals surface area (Å²) in [6, 6.07) is 0. The summed E-state index contributed by atoms with van der Waals surface area (Å²) in [7, 11) is 2.10. The van der Waals surface area contributed by atoms with E-state index >= 15 is 0 Å². The second kappa shape index (κ2) is 2.51. The molecule has 0 saturated heterocycles. The maximum absolute atomic E-state index is 2.24. The van der Waals surface area contributed by atoms with Crippen LogP contribution in [0.15, 0.2) is 23.5 Å². The van der Waals surface area contributed by atoms with Crippen molar-refractivity contribution in [2.45, 2.75) is 26.7 Å². The maximum Gasteiger partial charge on any atom is 0.0106 e. The fraction of sp³-hybridized carbons (Fsp3) is 0.455. The van der Waals surface area contributed by atoms with Crippen LogP contribution in [0.1, 0.15) is 25.0 Å². The molecule has 1 nitrogen and oxygen atoms in total. The molecule has 0 bridgehead atoms. The highest BCUT2D eigenvalue weighted by Crippen LogP contribution is 2.25. The molecule has 0 fully saturated rings. The van der Waals surface area contributed by atoms with Gasteiger partial charge >= 0.3 is 0 Å². The van der Waals surface area contributed by atoms with Crippen molar-refractivity contribution in [2.24, 2.45) is 7.05 Å². The second-order valence-corrected chi connectivity index (χ2v) is 3.89. The molecule has 0 spiro atoms. The maximum atomic E-state index is 2.24. The lowest BCUT2D eigenvalue weighted by molar-refractivity contribution is 0.919. The zero-order valence-electron chi connectivity index (χ0n) is 8.02. The second-order valence-electron chi connectivity index (χ2n) is 3.89. The lowest BCUT2D eigenvalue weighted by atomic mass is 9.91. The van der Waals surface area contributed by atoms with E-state index in [2.05, 4.69) is 37.9 Å². The van der Waals surface area contributed by atoms with Crippen LogP contribution in [-0.2, 0) is 19.9 Å². The van der Waals surface area contributed by atoms with Gasteiger partial charge in [-0.05, 0) is 37.8 Å². The Morgan fingerprint density at radius 1 is 1.00 bits per heavy atom. The van der Waals surface area contributed by atoms with Gasteiger partial charge in [0.1, 0.15) is 0 Å². The number of fused-ring (bicyclic) bond motifs is 1. The minimum atomic E-state index is 1.15. The molecule has 1 aliphatic rings. The van der Waals surface area contributed by atoms with E-state index in [1.54, 1.807) is 11.1 Å². The van der Waals surface area contributed by atoms with E-state index in [0.717, 1.165) is 12.8 Å². The van der Waals surface area contributed by atoms with Gasteiger partial charge < -0.3 is 4.57 Å². The topological polar surface area (TPSA) is 4.93 Å². The number of hydrogen-bond acceptors (Lipinski definition) is 0. The Labute approximate surface area is 73.7 Å². The van der Waals surface area contributed by atoms with Gasteiger partial charge in [-0.25, -0.2) is 0 Å². The van der Waals surface area contributed by atoms with Crippen molar-refractivity contribution in [2.75, 3.05) is 0 Å². The third-order valence-electron chi connectivity index (χ3n) is 2.77. The number of aryl methyl sites for hydroxylation is 1. The highest BCUT2D eigenvalue weighted by atomic mass is 14.9. The fourth-order valence-electron chi connectivity index (χ4n) is 1.89. The summed E-state index contributed by atoms with van der Waals surface area (Å²) in [5, 5.41) is 0. The summed E-state index contributed by atoms with van der Waals surface area (Å²) >= 11 is 0. The molecule has 0 atom stereocenters. The summed E-state index contributed by atoms with van der Waals surface area (Å²) < 4.78 is 2.16. The number of aromatic nitrogens is 1. The van der Waals surface area contributed by atoms with Gasteiger partial charge in [0.15, 0.2) is 0 Å². The molecule has 0 radical (unpaired) electrons. The average molecular weight is 161 g/mol. The average Bonchev–Trinajstić information content (AvgIpc) is 2.30. The highest BCUT2D eigenvalue weighted by Gasteiger charge is 2.13. The zero-order chi connectivity index (χ0) is 8.72. The molecule has 0 unspecified atom stereocenters. The molecule has 0 N–H and O–H groups in total. The van der Waals surface area contributed by atoms with Crippen LogP contribution in [0.5, 0.6) is 0 Å². The van der Waals surface area contributed by atoms with Gasteiger partial charge in [0.05, 0.1) is 0 Å². The van der Waals surface area contributed by atoms with Crippen molar-refractivity contribution < 1.29 is 0 Å². The van der Waals surface area contributed by atoms with Crippen LogP contribution in [0.4, 0.5) is 0 Å². The van der Waals surface area contributed by atoms with Crippen molar-refractivity contribution in [3.8, 4) is 0 Å². The summed E-state index contributed by atoms with van der Waals surface area (Å²) in [5.41, 5.74) is 6.13. The number of hydrogen-bond donors (Lipinski definition) is 0. The Kier molecular flexibility index (Phi) is 1.60. The molecule has 1 aromatic heterocycles. The summed E-state index contributed by atoms with van der Waals surface area (Å²) in [4.78, 5) is 0. The summed E-state index contributed by atoms with van der Waals surface area (Å²) in [6.45, 7) is 4.48. The predicted molar refractivity (Wildman–Crippen MR) is 51.2 cm³/mol. The van der Waals surface area contributed by atoms with Crippen LogP contribution < -0.4 is 0 Å². The first kappa shape index (κ1) is 7.66. The Hall–Kier alpha value is -0.980. The fourth-order valence-corrected chi connectivity index (χ4v) is 1.89. The molecule has 64 valence electrons. The monoisotopic (exact) mass is 161 g/mol. The van der Waals surface area contributed by atoms with Gasteiger partial charge in [0, 0.05) is 19.4 Å². The third kappa shape index (κ3) is 1.09. The third-order valence-corrected chi connectivity index (χ3v) is 2.77. The SMILES string of the molecule is CC1=C(C)Cc2cn(C)cc2C1. The molecule has 0 aliphatic heterocycles. The largest absolute Gasteiger partial charge is 0.357 e. The predicted octanol–water partition coefficient (Wildman–Crippen LogP) is 2.46. The minimum Gasteiger partial charge on any atom is -0.357 e. The molecule has 2 rings (SSSR count). The first-order chi connectivity index (χ1) is 5.66. The molecule has 0 aromatic carbocycles. The summed E-state index contributed by atoms with van der Waals surface area (Å²) in [5.74, 6) is 0. The van der Waals surface area contributed by atoms with Crippen molar-refractivity contribution in [1.29, 1.82) is 0 Å². The Morgan fingerprint density at radius 3 is 1.83 bits per heavy atom. The standard InChI is InChI=1S/C11H15N/c1-8-4-10-6-12(3)7-11(10)5-9(8)2/h6-7H,4-5H2,1-3H3. The van der Waals surface area contributed by atoms with E-state index in [-0.39, 0.29) is 0 Å². The van der Waals surface area contributed by atoms with Gasteiger partial charge in [-0.15, -0.1) is 0 Å². The van der Waals surface area contributed by atoms with Gasteiger partial charge in [-0.2, -0.15) is 0 Å². The molecule has 1 aromatic rings. The van der Waals surface area contributed by atoms with E-state index in [9.17, 15) is 0 Å². The van der Waals surface area contributed by atoms with E-state index in [4.69, 9.17) is 0 Å². The first-order valence-electron chi connectivity index (χ1n) is 4.46. The quantitative estimate of drug-likeness (QED) is 0.515. The van der Waals surface area contributed by atoms with E-state index in [1.807, 2.05) is 0 Å².